The van der Waals surface area contributed by atoms with Crippen LogP contribution in [-0.2, 0) is 16.1 Å². The summed E-state index contributed by atoms with van der Waals surface area (Å²) < 4.78 is 5.15. The van der Waals surface area contributed by atoms with E-state index < -0.39 is 0 Å². The van der Waals surface area contributed by atoms with Gasteiger partial charge in [-0.3, -0.25) is 4.79 Å². The highest BCUT2D eigenvalue weighted by atomic mass is 16.5. The fourth-order valence-electron chi connectivity index (χ4n) is 1.34. The zero-order chi connectivity index (χ0) is 11.6. The molecule has 0 heterocycles. The van der Waals surface area contributed by atoms with Crippen LogP contribution in [0, 0.1) is 0 Å². The molecule has 0 saturated carbocycles. The van der Waals surface area contributed by atoms with Crippen molar-refractivity contribution in [2.24, 2.45) is 0 Å². The van der Waals surface area contributed by atoms with Crippen molar-refractivity contribution < 1.29 is 9.53 Å². The Bertz CT molecular complexity index is 328. The maximum Gasteiger partial charge on any atom is 0.306 e. The van der Waals surface area contributed by atoms with Gasteiger partial charge in [-0.15, -0.1) is 0 Å². The lowest BCUT2D eigenvalue weighted by atomic mass is 10.2. The van der Waals surface area contributed by atoms with Crippen LogP contribution in [-0.4, -0.2) is 5.97 Å². The van der Waals surface area contributed by atoms with Gasteiger partial charge in [-0.25, -0.2) is 0 Å². The van der Waals surface area contributed by atoms with Crippen molar-refractivity contribution in [3.8, 4) is 0 Å². The lowest BCUT2D eigenvalue weighted by Gasteiger charge is -2.03. The van der Waals surface area contributed by atoms with Gasteiger partial charge in [0.1, 0.15) is 6.61 Å². The van der Waals surface area contributed by atoms with Crippen molar-refractivity contribution >= 4 is 5.97 Å². The highest BCUT2D eigenvalue weighted by Gasteiger charge is 2.01. The lowest BCUT2D eigenvalue weighted by molar-refractivity contribution is -0.145. The second-order valence-corrected chi connectivity index (χ2v) is 3.61. The molecule has 1 rings (SSSR count). The van der Waals surface area contributed by atoms with Crippen molar-refractivity contribution in [3.05, 3.63) is 48.0 Å². The molecule has 0 aromatic heterocycles. The predicted octanol–water partition coefficient (Wildman–Crippen LogP) is 3.48. The predicted molar refractivity (Wildman–Crippen MR) is 64.9 cm³/mol. The van der Waals surface area contributed by atoms with Crippen molar-refractivity contribution in [1.82, 2.24) is 0 Å². The number of benzene rings is 1. The van der Waals surface area contributed by atoms with Crippen molar-refractivity contribution in [2.45, 2.75) is 32.8 Å². The Morgan fingerprint density at radius 3 is 2.75 bits per heavy atom. The van der Waals surface area contributed by atoms with Crippen LogP contribution in [0.15, 0.2) is 42.5 Å². The summed E-state index contributed by atoms with van der Waals surface area (Å²) in [6.07, 6.45) is 6.35. The monoisotopic (exact) mass is 218 g/mol. The van der Waals surface area contributed by atoms with Crippen LogP contribution >= 0.6 is 0 Å². The summed E-state index contributed by atoms with van der Waals surface area (Å²) in [7, 11) is 0. The molecular weight excluding hydrogens is 200 g/mol. The number of carbonyl (C=O) groups is 1. The summed E-state index contributed by atoms with van der Waals surface area (Å²) in [5.74, 6) is -0.117. The van der Waals surface area contributed by atoms with Crippen LogP contribution < -0.4 is 0 Å². The highest BCUT2D eigenvalue weighted by molar-refractivity contribution is 5.69. The van der Waals surface area contributed by atoms with Crippen LogP contribution in [0.1, 0.15) is 31.7 Å². The minimum Gasteiger partial charge on any atom is -0.461 e. The molecule has 0 atom stereocenters. The van der Waals surface area contributed by atoms with E-state index in [1.54, 1.807) is 0 Å². The lowest BCUT2D eigenvalue weighted by Crippen LogP contribution is -2.03. The molecule has 1 aromatic rings. The first-order valence-electron chi connectivity index (χ1n) is 5.63. The van der Waals surface area contributed by atoms with E-state index in [4.69, 9.17) is 4.74 Å². The molecule has 0 aliphatic heterocycles. The van der Waals surface area contributed by atoms with Gasteiger partial charge in [-0.2, -0.15) is 0 Å². The zero-order valence-electron chi connectivity index (χ0n) is 9.69. The number of hydrogen-bond acceptors (Lipinski definition) is 2. The van der Waals surface area contributed by atoms with Crippen molar-refractivity contribution in [3.63, 3.8) is 0 Å². The number of hydrogen-bond donors (Lipinski definition) is 0. The topological polar surface area (TPSA) is 26.3 Å². The first-order chi connectivity index (χ1) is 7.83. The summed E-state index contributed by atoms with van der Waals surface area (Å²) in [4.78, 5) is 11.3. The molecule has 0 saturated heterocycles. The van der Waals surface area contributed by atoms with E-state index in [1.807, 2.05) is 43.3 Å². The average Bonchev–Trinajstić information content (AvgIpc) is 2.33. The normalized spacial score (nSPS) is 10.6. The number of unbranched alkanes of at least 4 members (excludes halogenated alkanes) is 1. The van der Waals surface area contributed by atoms with E-state index in [1.165, 1.54) is 0 Å². The van der Waals surface area contributed by atoms with Crippen molar-refractivity contribution in [1.29, 1.82) is 0 Å². The summed E-state index contributed by atoms with van der Waals surface area (Å²) in [6.45, 7) is 2.36. The quantitative estimate of drug-likeness (QED) is 0.415. The number of ether oxygens (including phenoxy) is 1. The first-order valence-corrected chi connectivity index (χ1v) is 5.63. The largest absolute Gasteiger partial charge is 0.461 e. The zero-order valence-corrected chi connectivity index (χ0v) is 9.69. The van der Waals surface area contributed by atoms with Crippen LogP contribution in [0.2, 0.25) is 0 Å². The molecule has 0 unspecified atom stereocenters. The second kappa shape index (κ2) is 7.69. The number of rotatable bonds is 6. The van der Waals surface area contributed by atoms with Gasteiger partial charge in [0.15, 0.2) is 0 Å². The van der Waals surface area contributed by atoms with Crippen LogP contribution in [0.5, 0.6) is 0 Å². The van der Waals surface area contributed by atoms with Gasteiger partial charge in [0, 0.05) is 6.42 Å². The summed E-state index contributed by atoms with van der Waals surface area (Å²) >= 11 is 0. The van der Waals surface area contributed by atoms with Gasteiger partial charge in [-0.1, -0.05) is 42.5 Å². The Balaban J connectivity index is 2.15. The molecule has 0 N–H and O–H groups in total. The van der Waals surface area contributed by atoms with E-state index >= 15 is 0 Å². The molecule has 0 aliphatic carbocycles. The Morgan fingerprint density at radius 2 is 2.06 bits per heavy atom. The molecule has 86 valence electrons. The fraction of sp³-hybridized carbons (Fsp3) is 0.357. The molecule has 0 amide bonds. The molecule has 0 spiro atoms. The third-order valence-electron chi connectivity index (χ3n) is 2.23. The van der Waals surface area contributed by atoms with Gasteiger partial charge in [0.25, 0.3) is 0 Å². The molecule has 0 aliphatic rings. The van der Waals surface area contributed by atoms with E-state index in [9.17, 15) is 4.79 Å². The SMILES string of the molecule is C/C=C/CCCC(=O)OCc1ccccc1. The smallest absolute Gasteiger partial charge is 0.306 e. The number of esters is 1. The summed E-state index contributed by atoms with van der Waals surface area (Å²) in [5.41, 5.74) is 1.03. The van der Waals surface area contributed by atoms with E-state index in [2.05, 4.69) is 6.08 Å². The maximum atomic E-state index is 11.3. The maximum absolute atomic E-state index is 11.3. The Morgan fingerprint density at radius 1 is 1.31 bits per heavy atom. The molecule has 2 heteroatoms. The average molecular weight is 218 g/mol. The van der Waals surface area contributed by atoms with E-state index in [-0.39, 0.29) is 5.97 Å². The molecule has 16 heavy (non-hydrogen) atoms. The Hall–Kier alpha value is -1.57. The van der Waals surface area contributed by atoms with Gasteiger partial charge in [0.2, 0.25) is 0 Å². The second-order valence-electron chi connectivity index (χ2n) is 3.61. The standard InChI is InChI=1S/C14H18O2/c1-2-3-4-8-11-14(15)16-12-13-9-6-5-7-10-13/h2-3,5-7,9-10H,4,8,11-12H2,1H3/b3-2+. The number of carbonyl (C=O) groups excluding carboxylic acids is 1. The molecule has 0 bridgehead atoms. The molecular formula is C14H18O2. The third-order valence-corrected chi connectivity index (χ3v) is 2.23. The molecule has 1 aromatic carbocycles. The first kappa shape index (κ1) is 12.5. The van der Waals surface area contributed by atoms with Gasteiger partial charge in [0.05, 0.1) is 0 Å². The van der Waals surface area contributed by atoms with Crippen LogP contribution in [0.4, 0.5) is 0 Å². The minimum atomic E-state index is -0.117. The van der Waals surface area contributed by atoms with Crippen LogP contribution in [0.3, 0.4) is 0 Å². The van der Waals surface area contributed by atoms with Crippen LogP contribution in [0.25, 0.3) is 0 Å². The van der Waals surface area contributed by atoms with Gasteiger partial charge >= 0.3 is 5.97 Å². The molecule has 0 fully saturated rings. The van der Waals surface area contributed by atoms with E-state index in [0.717, 1.165) is 18.4 Å². The summed E-state index contributed by atoms with van der Waals surface area (Å²) in [6, 6.07) is 9.73. The van der Waals surface area contributed by atoms with E-state index in [0.29, 0.717) is 13.0 Å². The Labute approximate surface area is 96.9 Å². The van der Waals surface area contributed by atoms with Crippen molar-refractivity contribution in [2.75, 3.05) is 0 Å². The minimum absolute atomic E-state index is 0.117. The fourth-order valence-corrected chi connectivity index (χ4v) is 1.34. The molecule has 2 nitrogen and oxygen atoms in total. The number of allylic oxidation sites excluding steroid dienone is 2. The Kier molecular flexibility index (Phi) is 6.00. The van der Waals surface area contributed by atoms with Gasteiger partial charge in [-0.05, 0) is 25.3 Å². The third kappa shape index (κ3) is 5.35. The highest BCUT2D eigenvalue weighted by Crippen LogP contribution is 2.04. The molecule has 0 radical (unpaired) electrons. The summed E-state index contributed by atoms with van der Waals surface area (Å²) in [5, 5.41) is 0. The van der Waals surface area contributed by atoms with Gasteiger partial charge < -0.3 is 4.74 Å².